The van der Waals surface area contributed by atoms with E-state index in [1.165, 1.54) is 12.1 Å². The minimum atomic E-state index is -0.248. The van der Waals surface area contributed by atoms with Gasteiger partial charge >= 0.3 is 0 Å². The topological polar surface area (TPSA) is 51.0 Å². The molecule has 3 aromatic rings. The van der Waals surface area contributed by atoms with E-state index >= 15 is 0 Å². The summed E-state index contributed by atoms with van der Waals surface area (Å²) in [5.41, 5.74) is 1.06. The minimum Gasteiger partial charge on any atom is -0.338 e. The van der Waals surface area contributed by atoms with Gasteiger partial charge in [-0.05, 0) is 43.8 Å². The Labute approximate surface area is 150 Å². The summed E-state index contributed by atoms with van der Waals surface area (Å²) in [4.78, 5) is 5.52. The first-order valence-corrected chi connectivity index (χ1v) is 9.00. The number of rotatable bonds is 7. The molecule has 1 aromatic heterocycles. The highest BCUT2D eigenvalue weighted by Gasteiger charge is 2.23. The van der Waals surface area contributed by atoms with E-state index in [2.05, 4.69) is 22.4 Å². The summed E-state index contributed by atoms with van der Waals surface area (Å²) in [6, 6.07) is 16.7. The Morgan fingerprint density at radius 1 is 1.12 bits per heavy atom. The van der Waals surface area contributed by atoms with Crippen LogP contribution in [0.25, 0.3) is 0 Å². The number of nitrogens with one attached hydrogen (secondary N) is 1. The molecule has 0 radical (unpaired) electrons. The molecule has 2 aromatic carbocycles. The van der Waals surface area contributed by atoms with Crippen LogP contribution in [0.4, 0.5) is 4.39 Å². The molecular formula is C19H20FN3OS. The van der Waals surface area contributed by atoms with Crippen molar-refractivity contribution in [1.82, 2.24) is 15.5 Å². The summed E-state index contributed by atoms with van der Waals surface area (Å²) < 4.78 is 18.7. The maximum atomic E-state index is 13.2. The Morgan fingerprint density at radius 3 is 2.52 bits per heavy atom. The van der Waals surface area contributed by atoms with Crippen LogP contribution in [0, 0.1) is 5.82 Å². The van der Waals surface area contributed by atoms with E-state index in [1.54, 1.807) is 23.9 Å². The van der Waals surface area contributed by atoms with Gasteiger partial charge in [0.05, 0.1) is 0 Å². The average Bonchev–Trinajstić information content (AvgIpc) is 3.10. The second-order valence-corrected chi connectivity index (χ2v) is 6.98. The molecule has 25 heavy (non-hydrogen) atoms. The van der Waals surface area contributed by atoms with Crippen LogP contribution in [0.15, 0.2) is 64.0 Å². The Balaban J connectivity index is 1.87. The summed E-state index contributed by atoms with van der Waals surface area (Å²) >= 11 is 1.56. The fourth-order valence-electron chi connectivity index (χ4n) is 2.37. The van der Waals surface area contributed by atoms with E-state index in [1.807, 2.05) is 37.4 Å². The quantitative estimate of drug-likeness (QED) is 0.641. The SMILES string of the molecule is CNC(C)Cc1noc(C(Sc2ccc(F)cc2)c2ccccc2)n1. The molecule has 1 heterocycles. The Bertz CT molecular complexity index is 792. The lowest BCUT2D eigenvalue weighted by molar-refractivity contribution is 0.375. The molecule has 0 aliphatic rings. The van der Waals surface area contributed by atoms with Crippen molar-refractivity contribution in [1.29, 1.82) is 0 Å². The smallest absolute Gasteiger partial charge is 0.244 e. The van der Waals surface area contributed by atoms with Gasteiger partial charge in [-0.15, -0.1) is 11.8 Å². The van der Waals surface area contributed by atoms with Crippen LogP contribution in [-0.2, 0) is 6.42 Å². The predicted octanol–water partition coefficient (Wildman–Crippen LogP) is 4.24. The van der Waals surface area contributed by atoms with E-state index in [4.69, 9.17) is 4.52 Å². The van der Waals surface area contributed by atoms with Gasteiger partial charge in [0.2, 0.25) is 5.89 Å². The van der Waals surface area contributed by atoms with Crippen molar-refractivity contribution in [3.05, 3.63) is 77.7 Å². The molecule has 0 spiro atoms. The van der Waals surface area contributed by atoms with Crippen molar-refractivity contribution in [2.45, 2.75) is 29.5 Å². The summed E-state index contributed by atoms with van der Waals surface area (Å²) in [7, 11) is 1.91. The normalized spacial score (nSPS) is 13.6. The highest BCUT2D eigenvalue weighted by molar-refractivity contribution is 7.99. The van der Waals surface area contributed by atoms with Crippen LogP contribution in [0.5, 0.6) is 0 Å². The van der Waals surface area contributed by atoms with Crippen LogP contribution >= 0.6 is 11.8 Å². The lowest BCUT2D eigenvalue weighted by Crippen LogP contribution is -2.24. The predicted molar refractivity (Wildman–Crippen MR) is 97.1 cm³/mol. The van der Waals surface area contributed by atoms with E-state index in [0.29, 0.717) is 18.1 Å². The molecule has 0 saturated heterocycles. The molecule has 0 bridgehead atoms. The molecule has 2 unspecified atom stereocenters. The van der Waals surface area contributed by atoms with Gasteiger partial charge in [-0.2, -0.15) is 4.98 Å². The summed E-state index contributed by atoms with van der Waals surface area (Å²) in [5.74, 6) is 0.984. The molecule has 2 atom stereocenters. The Kier molecular flexibility index (Phi) is 5.83. The lowest BCUT2D eigenvalue weighted by atomic mass is 10.1. The maximum absolute atomic E-state index is 13.2. The molecule has 0 saturated carbocycles. The number of likely N-dealkylation sites (N-methyl/N-ethyl adjacent to an activating group) is 1. The highest BCUT2D eigenvalue weighted by Crippen LogP contribution is 2.39. The lowest BCUT2D eigenvalue weighted by Gasteiger charge is -2.13. The van der Waals surface area contributed by atoms with Crippen molar-refractivity contribution in [2.24, 2.45) is 0 Å². The van der Waals surface area contributed by atoms with E-state index < -0.39 is 0 Å². The van der Waals surface area contributed by atoms with Crippen LogP contribution in [-0.4, -0.2) is 23.2 Å². The number of halogens is 1. The van der Waals surface area contributed by atoms with Crippen LogP contribution in [0.1, 0.15) is 29.5 Å². The molecule has 1 N–H and O–H groups in total. The first kappa shape index (κ1) is 17.6. The molecule has 130 valence electrons. The molecule has 0 aliphatic carbocycles. The number of thioether (sulfide) groups is 1. The van der Waals surface area contributed by atoms with E-state index in [9.17, 15) is 4.39 Å². The minimum absolute atomic E-state index is 0.141. The first-order chi connectivity index (χ1) is 12.2. The standard InChI is InChI=1S/C19H20FN3OS/c1-13(21-2)12-17-22-19(24-23-17)18(14-6-4-3-5-7-14)25-16-10-8-15(20)9-11-16/h3-11,13,18,21H,12H2,1-2H3. The number of hydrogen-bond donors (Lipinski definition) is 1. The molecule has 0 aliphatic heterocycles. The third-order valence-electron chi connectivity index (χ3n) is 3.86. The van der Waals surface area contributed by atoms with Gasteiger partial charge in [-0.3, -0.25) is 0 Å². The molecular weight excluding hydrogens is 337 g/mol. The fourth-order valence-corrected chi connectivity index (χ4v) is 3.43. The second kappa shape index (κ2) is 8.27. The van der Waals surface area contributed by atoms with Crippen LogP contribution in [0.3, 0.4) is 0 Å². The van der Waals surface area contributed by atoms with Gasteiger partial charge in [0.15, 0.2) is 5.82 Å². The molecule has 4 nitrogen and oxygen atoms in total. The van der Waals surface area contributed by atoms with Gasteiger partial charge in [0, 0.05) is 17.4 Å². The zero-order chi connectivity index (χ0) is 17.6. The number of benzene rings is 2. The third kappa shape index (κ3) is 4.67. The van der Waals surface area contributed by atoms with Gasteiger partial charge < -0.3 is 9.84 Å². The molecule has 3 rings (SSSR count). The number of nitrogens with zero attached hydrogens (tertiary/aromatic N) is 2. The summed E-state index contributed by atoms with van der Waals surface area (Å²) in [6.45, 7) is 2.07. The fraction of sp³-hybridized carbons (Fsp3) is 0.263. The van der Waals surface area contributed by atoms with Crippen molar-refractivity contribution < 1.29 is 8.91 Å². The largest absolute Gasteiger partial charge is 0.338 e. The van der Waals surface area contributed by atoms with Gasteiger partial charge in [0.25, 0.3) is 0 Å². The van der Waals surface area contributed by atoms with Crippen molar-refractivity contribution in [3.8, 4) is 0 Å². The van der Waals surface area contributed by atoms with Gasteiger partial charge in [-0.1, -0.05) is 35.5 Å². The van der Waals surface area contributed by atoms with Crippen LogP contribution in [0.2, 0.25) is 0 Å². The molecule has 0 fully saturated rings. The van der Waals surface area contributed by atoms with Gasteiger partial charge in [-0.25, -0.2) is 4.39 Å². The monoisotopic (exact) mass is 357 g/mol. The summed E-state index contributed by atoms with van der Waals surface area (Å²) in [6.07, 6.45) is 0.697. The van der Waals surface area contributed by atoms with Gasteiger partial charge in [0.1, 0.15) is 11.1 Å². The van der Waals surface area contributed by atoms with Crippen molar-refractivity contribution in [3.63, 3.8) is 0 Å². The number of aromatic nitrogens is 2. The first-order valence-electron chi connectivity index (χ1n) is 8.12. The second-order valence-electron chi connectivity index (χ2n) is 5.81. The number of hydrogen-bond acceptors (Lipinski definition) is 5. The third-order valence-corrected chi connectivity index (χ3v) is 5.11. The van der Waals surface area contributed by atoms with E-state index in [-0.39, 0.29) is 17.1 Å². The van der Waals surface area contributed by atoms with E-state index in [0.717, 1.165) is 10.5 Å². The maximum Gasteiger partial charge on any atom is 0.244 e. The Hall–Kier alpha value is -2.18. The molecule has 0 amide bonds. The molecule has 6 heteroatoms. The summed E-state index contributed by atoms with van der Waals surface area (Å²) in [5, 5.41) is 7.13. The zero-order valence-corrected chi connectivity index (χ0v) is 15.0. The van der Waals surface area contributed by atoms with Crippen LogP contribution < -0.4 is 5.32 Å². The van der Waals surface area contributed by atoms with Crippen molar-refractivity contribution in [2.75, 3.05) is 7.05 Å². The van der Waals surface area contributed by atoms with Crippen molar-refractivity contribution >= 4 is 11.8 Å². The zero-order valence-electron chi connectivity index (χ0n) is 14.1. The Morgan fingerprint density at radius 2 is 1.84 bits per heavy atom. The average molecular weight is 357 g/mol. The highest BCUT2D eigenvalue weighted by atomic mass is 32.2.